The van der Waals surface area contributed by atoms with Crippen molar-refractivity contribution in [2.24, 2.45) is 5.73 Å². The second kappa shape index (κ2) is 5.43. The summed E-state index contributed by atoms with van der Waals surface area (Å²) in [5, 5.41) is 13.2. The first-order chi connectivity index (χ1) is 7.75. The average Bonchev–Trinajstić information content (AvgIpc) is 3.11. The lowest BCUT2D eigenvalue weighted by molar-refractivity contribution is 0.141. The van der Waals surface area contributed by atoms with E-state index in [0.29, 0.717) is 12.6 Å². The molecule has 0 saturated heterocycles. The van der Waals surface area contributed by atoms with Gasteiger partial charge in [0.1, 0.15) is 0 Å². The van der Waals surface area contributed by atoms with Gasteiger partial charge in [-0.1, -0.05) is 30.3 Å². The molecule has 0 heterocycles. The molecule has 2 atom stereocenters. The molecule has 1 aromatic carbocycles. The first-order valence-electron chi connectivity index (χ1n) is 5.96. The van der Waals surface area contributed by atoms with Crippen molar-refractivity contribution in [3.8, 4) is 0 Å². The first kappa shape index (κ1) is 11.6. The van der Waals surface area contributed by atoms with Crippen LogP contribution in [0.2, 0.25) is 0 Å². The van der Waals surface area contributed by atoms with E-state index >= 15 is 0 Å². The number of nitrogens with one attached hydrogen (secondary N) is 1. The molecule has 88 valence electrons. The van der Waals surface area contributed by atoms with Gasteiger partial charge in [-0.25, -0.2) is 0 Å². The number of benzene rings is 1. The smallest absolute Gasteiger partial charge is 0.0818 e. The number of nitrogens with two attached hydrogens (primary N) is 1. The Hall–Kier alpha value is -0.900. The van der Waals surface area contributed by atoms with Crippen molar-refractivity contribution in [3.63, 3.8) is 0 Å². The summed E-state index contributed by atoms with van der Waals surface area (Å²) in [7, 11) is 0. The zero-order valence-corrected chi connectivity index (χ0v) is 9.47. The number of aliphatic hydroxyl groups is 1. The lowest BCUT2D eigenvalue weighted by Crippen LogP contribution is -2.43. The third-order valence-corrected chi connectivity index (χ3v) is 3.00. The molecule has 0 unspecified atom stereocenters. The lowest BCUT2D eigenvalue weighted by atomic mass is 10.0. The van der Waals surface area contributed by atoms with Gasteiger partial charge in [0.05, 0.1) is 6.10 Å². The third kappa shape index (κ3) is 3.59. The maximum atomic E-state index is 9.87. The van der Waals surface area contributed by atoms with E-state index in [1.807, 2.05) is 30.3 Å². The molecular weight excluding hydrogens is 200 g/mol. The topological polar surface area (TPSA) is 58.3 Å². The Kier molecular flexibility index (Phi) is 3.93. The molecule has 1 saturated carbocycles. The van der Waals surface area contributed by atoms with Crippen LogP contribution in [-0.2, 0) is 6.42 Å². The van der Waals surface area contributed by atoms with Gasteiger partial charge in [0, 0.05) is 18.6 Å². The Bertz CT molecular complexity index is 311. The van der Waals surface area contributed by atoms with Crippen molar-refractivity contribution in [2.45, 2.75) is 37.5 Å². The van der Waals surface area contributed by atoms with Crippen LogP contribution in [0.4, 0.5) is 0 Å². The van der Waals surface area contributed by atoms with E-state index in [2.05, 4.69) is 5.32 Å². The van der Waals surface area contributed by atoms with Crippen molar-refractivity contribution in [1.29, 1.82) is 0 Å². The van der Waals surface area contributed by atoms with Crippen molar-refractivity contribution in [1.82, 2.24) is 5.32 Å². The van der Waals surface area contributed by atoms with Gasteiger partial charge in [0.2, 0.25) is 0 Å². The quantitative estimate of drug-likeness (QED) is 0.660. The third-order valence-electron chi connectivity index (χ3n) is 3.00. The fourth-order valence-corrected chi connectivity index (χ4v) is 1.75. The molecule has 3 heteroatoms. The highest BCUT2D eigenvalue weighted by molar-refractivity contribution is 5.16. The van der Waals surface area contributed by atoms with Crippen molar-refractivity contribution >= 4 is 0 Å². The standard InChI is InChI=1S/C13H20N2O/c14-12(8-10-4-2-1-3-5-10)13(16)9-15-11-6-7-11/h1-5,11-13,15-16H,6-9,14H2/t12-,13+/m0/s1. The van der Waals surface area contributed by atoms with Crippen LogP contribution in [0.1, 0.15) is 18.4 Å². The SMILES string of the molecule is N[C@@H](Cc1ccccc1)[C@H](O)CNC1CC1. The van der Waals surface area contributed by atoms with Crippen molar-refractivity contribution in [3.05, 3.63) is 35.9 Å². The maximum Gasteiger partial charge on any atom is 0.0818 e. The molecule has 1 aliphatic rings. The minimum atomic E-state index is -0.458. The fourth-order valence-electron chi connectivity index (χ4n) is 1.75. The molecule has 0 bridgehead atoms. The van der Waals surface area contributed by atoms with Gasteiger partial charge < -0.3 is 16.2 Å². The predicted molar refractivity (Wildman–Crippen MR) is 65.2 cm³/mol. The summed E-state index contributed by atoms with van der Waals surface area (Å²) in [5.74, 6) is 0. The van der Waals surface area contributed by atoms with Crippen LogP contribution in [0, 0.1) is 0 Å². The van der Waals surface area contributed by atoms with E-state index < -0.39 is 6.10 Å². The van der Waals surface area contributed by atoms with Crippen LogP contribution in [0.25, 0.3) is 0 Å². The molecule has 16 heavy (non-hydrogen) atoms. The van der Waals surface area contributed by atoms with Gasteiger partial charge in [0.15, 0.2) is 0 Å². The van der Waals surface area contributed by atoms with E-state index in [1.54, 1.807) is 0 Å². The van der Waals surface area contributed by atoms with Crippen LogP contribution in [0.3, 0.4) is 0 Å². The van der Waals surface area contributed by atoms with Crippen LogP contribution >= 0.6 is 0 Å². The van der Waals surface area contributed by atoms with E-state index in [-0.39, 0.29) is 6.04 Å². The lowest BCUT2D eigenvalue weighted by Gasteiger charge is -2.19. The monoisotopic (exact) mass is 220 g/mol. The highest BCUT2D eigenvalue weighted by Gasteiger charge is 2.23. The Morgan fingerprint density at radius 2 is 2.00 bits per heavy atom. The van der Waals surface area contributed by atoms with Crippen LogP contribution < -0.4 is 11.1 Å². The zero-order valence-electron chi connectivity index (χ0n) is 9.47. The Balaban J connectivity index is 1.75. The van der Waals surface area contributed by atoms with Crippen LogP contribution in [-0.4, -0.2) is 29.8 Å². The van der Waals surface area contributed by atoms with E-state index in [1.165, 1.54) is 18.4 Å². The molecule has 4 N–H and O–H groups in total. The number of hydrogen-bond acceptors (Lipinski definition) is 3. The highest BCUT2D eigenvalue weighted by Crippen LogP contribution is 2.18. The van der Waals surface area contributed by atoms with Gasteiger partial charge in [-0.3, -0.25) is 0 Å². The maximum absolute atomic E-state index is 9.87. The van der Waals surface area contributed by atoms with E-state index in [9.17, 15) is 5.11 Å². The van der Waals surface area contributed by atoms with Gasteiger partial charge >= 0.3 is 0 Å². The molecule has 1 aliphatic carbocycles. The molecule has 0 amide bonds. The summed E-state index contributed by atoms with van der Waals surface area (Å²) in [6.45, 7) is 0.610. The highest BCUT2D eigenvalue weighted by atomic mass is 16.3. The van der Waals surface area contributed by atoms with Crippen molar-refractivity contribution in [2.75, 3.05) is 6.54 Å². The predicted octanol–water partition coefficient (Wildman–Crippen LogP) is 0.669. The van der Waals surface area contributed by atoms with Gasteiger partial charge in [-0.15, -0.1) is 0 Å². The number of hydrogen-bond donors (Lipinski definition) is 3. The number of aliphatic hydroxyl groups excluding tert-OH is 1. The first-order valence-corrected chi connectivity index (χ1v) is 5.96. The Morgan fingerprint density at radius 3 is 2.62 bits per heavy atom. The fraction of sp³-hybridized carbons (Fsp3) is 0.538. The summed E-state index contributed by atoms with van der Waals surface area (Å²) < 4.78 is 0. The molecule has 1 aromatic rings. The van der Waals surface area contributed by atoms with Gasteiger partial charge in [0.25, 0.3) is 0 Å². The van der Waals surface area contributed by atoms with E-state index in [4.69, 9.17) is 5.73 Å². The second-order valence-electron chi connectivity index (χ2n) is 4.60. The molecule has 0 aromatic heterocycles. The zero-order chi connectivity index (χ0) is 11.4. The molecule has 0 spiro atoms. The second-order valence-corrected chi connectivity index (χ2v) is 4.60. The normalized spacial score (nSPS) is 19.4. The minimum Gasteiger partial charge on any atom is -0.390 e. The van der Waals surface area contributed by atoms with Gasteiger partial charge in [-0.2, -0.15) is 0 Å². The molecule has 1 fully saturated rings. The summed E-state index contributed by atoms with van der Waals surface area (Å²) in [4.78, 5) is 0. The van der Waals surface area contributed by atoms with Gasteiger partial charge in [-0.05, 0) is 24.8 Å². The average molecular weight is 220 g/mol. The largest absolute Gasteiger partial charge is 0.390 e. The molecule has 0 aliphatic heterocycles. The summed E-state index contributed by atoms with van der Waals surface area (Å²) in [5.41, 5.74) is 7.15. The van der Waals surface area contributed by atoms with Crippen LogP contribution in [0.5, 0.6) is 0 Å². The molecule has 2 rings (SSSR count). The van der Waals surface area contributed by atoms with E-state index in [0.717, 1.165) is 6.42 Å². The molecule has 3 nitrogen and oxygen atoms in total. The summed E-state index contributed by atoms with van der Waals surface area (Å²) in [6, 6.07) is 10.5. The summed E-state index contributed by atoms with van der Waals surface area (Å²) >= 11 is 0. The Labute approximate surface area is 96.7 Å². The Morgan fingerprint density at radius 1 is 1.31 bits per heavy atom. The molecule has 0 radical (unpaired) electrons. The van der Waals surface area contributed by atoms with Crippen molar-refractivity contribution < 1.29 is 5.11 Å². The number of rotatable bonds is 6. The minimum absolute atomic E-state index is 0.186. The molecular formula is C13H20N2O. The summed E-state index contributed by atoms with van der Waals surface area (Å²) in [6.07, 6.45) is 2.75. The van der Waals surface area contributed by atoms with Crippen LogP contribution in [0.15, 0.2) is 30.3 Å².